The highest BCUT2D eigenvalue weighted by molar-refractivity contribution is 7.91. The lowest BCUT2D eigenvalue weighted by Gasteiger charge is -2.13. The number of ether oxygens (including phenoxy) is 1. The Morgan fingerprint density at radius 1 is 1.10 bits per heavy atom. The van der Waals surface area contributed by atoms with Gasteiger partial charge in [-0.25, -0.2) is 31.8 Å². The molecule has 0 aliphatic rings. The van der Waals surface area contributed by atoms with Gasteiger partial charge in [0.15, 0.2) is 20.7 Å². The van der Waals surface area contributed by atoms with Gasteiger partial charge < -0.3 is 9.30 Å². The SMILES string of the molecule is CCS(=O)(=O)c1cc(OC(C)C)cnc1-c1nc2cc(S(=O)(=O)C(F)F)ncc2n1C. The first-order valence-electron chi connectivity index (χ1n) is 9.12. The van der Waals surface area contributed by atoms with Crippen LogP contribution in [0.2, 0.25) is 0 Å². The quantitative estimate of drug-likeness (QED) is 0.512. The van der Waals surface area contributed by atoms with Gasteiger partial charge in [-0.15, -0.1) is 0 Å². The third kappa shape index (κ3) is 4.24. The largest absolute Gasteiger partial charge is 0.489 e. The number of imidazole rings is 1. The molecule has 0 aliphatic heterocycles. The van der Waals surface area contributed by atoms with Gasteiger partial charge in [0, 0.05) is 19.2 Å². The number of sulfone groups is 2. The van der Waals surface area contributed by atoms with Crippen molar-refractivity contribution in [1.29, 1.82) is 0 Å². The summed E-state index contributed by atoms with van der Waals surface area (Å²) < 4.78 is 81.6. The van der Waals surface area contributed by atoms with Crippen molar-refractivity contribution in [1.82, 2.24) is 19.5 Å². The van der Waals surface area contributed by atoms with Gasteiger partial charge >= 0.3 is 5.76 Å². The molecule has 0 unspecified atom stereocenters. The third-order valence-electron chi connectivity index (χ3n) is 4.39. The van der Waals surface area contributed by atoms with Crippen LogP contribution in [0.15, 0.2) is 34.4 Å². The summed E-state index contributed by atoms with van der Waals surface area (Å²) in [6.07, 6.45) is 2.24. The molecule has 0 N–H and O–H groups in total. The maximum absolute atomic E-state index is 12.9. The Bertz CT molecular complexity index is 1350. The van der Waals surface area contributed by atoms with E-state index in [1.807, 2.05) is 0 Å². The molecule has 168 valence electrons. The lowest BCUT2D eigenvalue weighted by atomic mass is 10.3. The van der Waals surface area contributed by atoms with Gasteiger partial charge in [-0.05, 0) is 13.8 Å². The number of aromatic nitrogens is 4. The van der Waals surface area contributed by atoms with Gasteiger partial charge in [0.2, 0.25) is 0 Å². The van der Waals surface area contributed by atoms with E-state index in [9.17, 15) is 25.6 Å². The third-order valence-corrected chi connectivity index (χ3v) is 7.41. The molecule has 0 fully saturated rings. The molecule has 0 aromatic carbocycles. The van der Waals surface area contributed by atoms with E-state index in [-0.39, 0.29) is 39.5 Å². The molecule has 0 radical (unpaired) electrons. The number of aryl methyl sites for hydroxylation is 1. The Kier molecular flexibility index (Phi) is 6.02. The minimum Gasteiger partial charge on any atom is -0.489 e. The highest BCUT2D eigenvalue weighted by atomic mass is 32.2. The van der Waals surface area contributed by atoms with E-state index in [0.29, 0.717) is 5.52 Å². The Labute approximate surface area is 177 Å². The summed E-state index contributed by atoms with van der Waals surface area (Å²) >= 11 is 0. The Balaban J connectivity index is 2.25. The van der Waals surface area contributed by atoms with Crippen LogP contribution >= 0.6 is 0 Å². The molecule has 3 heterocycles. The molecule has 3 rings (SSSR count). The van der Waals surface area contributed by atoms with E-state index in [1.165, 1.54) is 23.8 Å². The fraction of sp³-hybridized carbons (Fsp3) is 0.389. The van der Waals surface area contributed by atoms with Crippen molar-refractivity contribution in [3.8, 4) is 17.3 Å². The van der Waals surface area contributed by atoms with E-state index in [0.717, 1.165) is 12.3 Å². The first-order valence-corrected chi connectivity index (χ1v) is 12.3. The maximum Gasteiger partial charge on any atom is 0.342 e. The van der Waals surface area contributed by atoms with Crippen molar-refractivity contribution in [3.63, 3.8) is 0 Å². The molecule has 0 spiro atoms. The Hall–Kier alpha value is -2.67. The van der Waals surface area contributed by atoms with Gasteiger partial charge in [0.1, 0.15) is 16.3 Å². The van der Waals surface area contributed by atoms with Crippen LogP contribution in [-0.2, 0) is 26.7 Å². The van der Waals surface area contributed by atoms with Gasteiger partial charge in [0.05, 0.1) is 35.3 Å². The summed E-state index contributed by atoms with van der Waals surface area (Å²) in [5.41, 5.74) is 0.387. The average molecular weight is 475 g/mol. The van der Waals surface area contributed by atoms with Crippen molar-refractivity contribution in [2.45, 2.75) is 42.6 Å². The number of hydrogen-bond donors (Lipinski definition) is 0. The average Bonchev–Trinajstić information content (AvgIpc) is 3.03. The Morgan fingerprint density at radius 2 is 1.77 bits per heavy atom. The first kappa shape index (κ1) is 23.0. The van der Waals surface area contributed by atoms with Crippen LogP contribution in [0.1, 0.15) is 20.8 Å². The highest BCUT2D eigenvalue weighted by Gasteiger charge is 2.29. The summed E-state index contributed by atoms with van der Waals surface area (Å²) in [6, 6.07) is 2.27. The fourth-order valence-electron chi connectivity index (χ4n) is 2.85. The van der Waals surface area contributed by atoms with Crippen molar-refractivity contribution in [2.75, 3.05) is 5.75 Å². The number of alkyl halides is 2. The lowest BCUT2D eigenvalue weighted by Crippen LogP contribution is -2.12. The van der Waals surface area contributed by atoms with E-state index in [1.54, 1.807) is 20.9 Å². The molecule has 0 aliphatic carbocycles. The first-order chi connectivity index (χ1) is 14.4. The molecular weight excluding hydrogens is 454 g/mol. The monoisotopic (exact) mass is 474 g/mol. The normalized spacial score (nSPS) is 12.8. The summed E-state index contributed by atoms with van der Waals surface area (Å²) in [7, 11) is -7.10. The van der Waals surface area contributed by atoms with Crippen LogP contribution in [0.3, 0.4) is 0 Å². The molecule has 0 saturated carbocycles. The van der Waals surface area contributed by atoms with Crippen LogP contribution < -0.4 is 4.74 Å². The van der Waals surface area contributed by atoms with Crippen LogP contribution in [0.4, 0.5) is 8.78 Å². The van der Waals surface area contributed by atoms with Crippen LogP contribution in [0, 0.1) is 0 Å². The van der Waals surface area contributed by atoms with Crippen molar-refractivity contribution < 1.29 is 30.4 Å². The highest BCUT2D eigenvalue weighted by Crippen LogP contribution is 2.31. The van der Waals surface area contributed by atoms with E-state index >= 15 is 0 Å². The zero-order chi connectivity index (χ0) is 23.1. The molecule has 3 aromatic rings. The Morgan fingerprint density at radius 3 is 2.35 bits per heavy atom. The predicted molar refractivity (Wildman–Crippen MR) is 108 cm³/mol. The number of hydrogen-bond acceptors (Lipinski definition) is 8. The molecule has 0 amide bonds. The van der Waals surface area contributed by atoms with E-state index < -0.39 is 30.5 Å². The minimum absolute atomic E-state index is 0.0231. The van der Waals surface area contributed by atoms with Gasteiger partial charge in [0.25, 0.3) is 9.84 Å². The van der Waals surface area contributed by atoms with E-state index in [4.69, 9.17) is 4.74 Å². The summed E-state index contributed by atoms with van der Waals surface area (Å²) in [4.78, 5) is 12.0. The molecule has 9 nitrogen and oxygen atoms in total. The second-order valence-electron chi connectivity index (χ2n) is 6.90. The topological polar surface area (TPSA) is 121 Å². The van der Waals surface area contributed by atoms with Crippen LogP contribution in [-0.4, -0.2) is 54.0 Å². The summed E-state index contributed by atoms with van der Waals surface area (Å²) in [6.45, 7) is 5.05. The summed E-state index contributed by atoms with van der Waals surface area (Å²) in [5.74, 6) is -3.46. The number of halogens is 2. The maximum atomic E-state index is 12.9. The van der Waals surface area contributed by atoms with E-state index in [2.05, 4.69) is 15.0 Å². The standard InChI is InChI=1S/C18H20F2N4O5S2/c1-5-30(25,26)14-6-11(29-10(2)3)8-22-16(14)17-23-12-7-15(31(27,28)18(19)20)21-9-13(12)24(17)4/h6-10,18H,5H2,1-4H3. The smallest absolute Gasteiger partial charge is 0.342 e. The zero-order valence-corrected chi connectivity index (χ0v) is 18.7. The number of pyridine rings is 2. The number of nitrogens with zero attached hydrogens (tertiary/aromatic N) is 4. The second kappa shape index (κ2) is 8.11. The van der Waals surface area contributed by atoms with Crippen LogP contribution in [0.25, 0.3) is 22.6 Å². The van der Waals surface area contributed by atoms with Crippen molar-refractivity contribution in [2.24, 2.45) is 7.05 Å². The van der Waals surface area contributed by atoms with Crippen LogP contribution in [0.5, 0.6) is 5.75 Å². The lowest BCUT2D eigenvalue weighted by molar-refractivity contribution is 0.234. The van der Waals surface area contributed by atoms with Crippen molar-refractivity contribution in [3.05, 3.63) is 24.5 Å². The molecule has 0 saturated heterocycles. The molecule has 13 heteroatoms. The van der Waals surface area contributed by atoms with Crippen molar-refractivity contribution >= 4 is 30.7 Å². The molecule has 3 aromatic heterocycles. The van der Waals surface area contributed by atoms with Gasteiger partial charge in [-0.2, -0.15) is 8.78 Å². The minimum atomic E-state index is -4.91. The van der Waals surface area contributed by atoms with Gasteiger partial charge in [-0.3, -0.25) is 0 Å². The molecule has 0 atom stereocenters. The fourth-order valence-corrected chi connectivity index (χ4v) is 4.56. The number of fused-ring (bicyclic) bond motifs is 1. The molecule has 0 bridgehead atoms. The predicted octanol–water partition coefficient (Wildman–Crippen LogP) is 2.61. The summed E-state index contributed by atoms with van der Waals surface area (Å²) in [5, 5.41) is -0.824. The molecular formula is C18H20F2N4O5S2. The molecule has 31 heavy (non-hydrogen) atoms. The van der Waals surface area contributed by atoms with Gasteiger partial charge in [-0.1, -0.05) is 6.92 Å². The second-order valence-corrected chi connectivity index (χ2v) is 11.0. The zero-order valence-electron chi connectivity index (χ0n) is 17.1. The number of rotatable bonds is 7.